The van der Waals surface area contributed by atoms with Crippen molar-refractivity contribution in [3.05, 3.63) is 60.2 Å². The van der Waals surface area contributed by atoms with Crippen LogP contribution in [0.3, 0.4) is 0 Å². The Balaban J connectivity index is 0.000000712. The number of carbonyl (C=O) groups excluding carboxylic acids is 2. The van der Waals surface area contributed by atoms with E-state index in [9.17, 15) is 49.1 Å². The van der Waals surface area contributed by atoms with Gasteiger partial charge in [-0.1, -0.05) is 43.5 Å². The molecule has 4 nitrogen and oxygen atoms in total. The maximum atomic E-state index is 12.9. The minimum atomic E-state index is -6.94. The molecule has 1 rings (SSSR count). The van der Waals surface area contributed by atoms with Crippen LogP contribution in [0.25, 0.3) is 0 Å². The fourth-order valence-electron chi connectivity index (χ4n) is 1.81. The molecule has 0 saturated carbocycles. The van der Waals surface area contributed by atoms with E-state index in [1.165, 1.54) is 0 Å². The van der Waals surface area contributed by atoms with Crippen LogP contribution in [0, 0.1) is 0 Å². The van der Waals surface area contributed by atoms with Gasteiger partial charge in [0.15, 0.2) is 0 Å². The van der Waals surface area contributed by atoms with Crippen LogP contribution in [0.1, 0.15) is 25.8 Å². The first-order valence-corrected chi connectivity index (χ1v) is 9.17. The lowest BCUT2D eigenvalue weighted by Gasteiger charge is -2.33. The van der Waals surface area contributed by atoms with Crippen molar-refractivity contribution in [3.63, 3.8) is 0 Å². The zero-order valence-corrected chi connectivity index (χ0v) is 18.0. The van der Waals surface area contributed by atoms with Crippen molar-refractivity contribution in [2.75, 3.05) is 6.61 Å². The molecule has 0 radical (unpaired) electrons. The normalized spacial score (nSPS) is 12.2. The highest BCUT2D eigenvalue weighted by Gasteiger charge is 2.81. The molecular formula is C21H21F9O4. The van der Waals surface area contributed by atoms with E-state index in [0.29, 0.717) is 12.2 Å². The first-order chi connectivity index (χ1) is 15.3. The standard InChI is InChI=1S/C11H12O2.C10H9F9O2/c1-9(2)11(12)13-8-10-6-4-3-5-7-10;1-5(2)6(20)21-4-3-7(11,12)8(13,14)9(15,16)10(17,18)19/h3-7H,1,8H2,2H3;1,3-4H2,2H3. The van der Waals surface area contributed by atoms with Gasteiger partial charge in [0, 0.05) is 11.1 Å². The third-order valence-corrected chi connectivity index (χ3v) is 3.77. The summed E-state index contributed by atoms with van der Waals surface area (Å²) in [5.74, 6) is -21.0. The molecule has 0 amide bonds. The molecule has 1 aromatic carbocycles. The smallest absolute Gasteiger partial charge is 0.460 e. The molecular weight excluding hydrogens is 487 g/mol. The van der Waals surface area contributed by atoms with Crippen LogP contribution in [0.5, 0.6) is 0 Å². The molecule has 0 unspecified atom stereocenters. The van der Waals surface area contributed by atoms with E-state index in [1.54, 1.807) is 6.92 Å². The fraction of sp³-hybridized carbons (Fsp3) is 0.429. The van der Waals surface area contributed by atoms with Gasteiger partial charge in [0.05, 0.1) is 13.0 Å². The molecule has 192 valence electrons. The van der Waals surface area contributed by atoms with Crippen LogP contribution in [0.2, 0.25) is 0 Å². The minimum Gasteiger partial charge on any atom is -0.462 e. The van der Waals surface area contributed by atoms with Gasteiger partial charge in [-0.2, -0.15) is 39.5 Å². The number of halogens is 9. The van der Waals surface area contributed by atoms with E-state index in [0.717, 1.165) is 12.5 Å². The van der Waals surface area contributed by atoms with Crippen LogP contribution in [0.4, 0.5) is 39.5 Å². The van der Waals surface area contributed by atoms with Crippen molar-refractivity contribution in [2.45, 2.75) is 50.8 Å². The Morgan fingerprint density at radius 2 is 1.21 bits per heavy atom. The lowest BCUT2D eigenvalue weighted by molar-refractivity contribution is -0.397. The molecule has 0 aliphatic rings. The molecule has 0 aromatic heterocycles. The number of carbonyl (C=O) groups is 2. The molecule has 1 aromatic rings. The summed E-state index contributed by atoms with van der Waals surface area (Å²) in [6.45, 7) is 8.04. The lowest BCUT2D eigenvalue weighted by Crippen LogP contribution is -2.61. The summed E-state index contributed by atoms with van der Waals surface area (Å²) >= 11 is 0. The number of benzene rings is 1. The number of esters is 2. The number of alkyl halides is 9. The van der Waals surface area contributed by atoms with E-state index in [1.807, 2.05) is 30.3 Å². The van der Waals surface area contributed by atoms with Crippen molar-refractivity contribution in [3.8, 4) is 0 Å². The second kappa shape index (κ2) is 11.9. The molecule has 0 atom stereocenters. The molecule has 0 N–H and O–H groups in total. The highest BCUT2D eigenvalue weighted by Crippen LogP contribution is 2.53. The SMILES string of the molecule is C=C(C)C(=O)OCCC(F)(F)C(F)(F)C(F)(F)C(F)(F)F.C=C(C)C(=O)OCc1ccccc1. The maximum Gasteiger partial charge on any atom is 0.460 e. The topological polar surface area (TPSA) is 52.6 Å². The second-order valence-corrected chi connectivity index (χ2v) is 6.86. The largest absolute Gasteiger partial charge is 0.462 e. The Labute approximate surface area is 189 Å². The third-order valence-electron chi connectivity index (χ3n) is 3.77. The number of hydrogen-bond acceptors (Lipinski definition) is 4. The summed E-state index contributed by atoms with van der Waals surface area (Å²) in [4.78, 5) is 21.7. The molecule has 0 fully saturated rings. The number of rotatable bonds is 9. The zero-order valence-electron chi connectivity index (χ0n) is 18.0. The van der Waals surface area contributed by atoms with Crippen LogP contribution in [-0.4, -0.2) is 42.5 Å². The van der Waals surface area contributed by atoms with Gasteiger partial charge in [0.2, 0.25) is 0 Å². The van der Waals surface area contributed by atoms with Crippen molar-refractivity contribution in [1.82, 2.24) is 0 Å². The summed E-state index contributed by atoms with van der Waals surface area (Å²) in [7, 11) is 0. The molecule has 34 heavy (non-hydrogen) atoms. The molecule has 0 saturated heterocycles. The lowest BCUT2D eigenvalue weighted by atomic mass is 10.0. The Kier molecular flexibility index (Phi) is 10.9. The maximum absolute atomic E-state index is 12.9. The average molecular weight is 508 g/mol. The first-order valence-electron chi connectivity index (χ1n) is 9.17. The zero-order chi connectivity index (χ0) is 27.0. The summed E-state index contributed by atoms with van der Waals surface area (Å²) in [5.41, 5.74) is 1.11. The Bertz CT molecular complexity index is 863. The van der Waals surface area contributed by atoms with Crippen molar-refractivity contribution in [2.24, 2.45) is 0 Å². The van der Waals surface area contributed by atoms with E-state index in [-0.39, 0.29) is 11.5 Å². The predicted octanol–water partition coefficient (Wildman–Crippen LogP) is 6.27. The summed E-state index contributed by atoms with van der Waals surface area (Å²) in [6.07, 6.45) is -9.08. The summed E-state index contributed by atoms with van der Waals surface area (Å²) < 4.78 is 120. The van der Waals surface area contributed by atoms with E-state index in [2.05, 4.69) is 17.9 Å². The van der Waals surface area contributed by atoms with Gasteiger partial charge in [0.25, 0.3) is 0 Å². The van der Waals surface area contributed by atoms with Crippen LogP contribution >= 0.6 is 0 Å². The van der Waals surface area contributed by atoms with Gasteiger partial charge in [-0.25, -0.2) is 9.59 Å². The van der Waals surface area contributed by atoms with Crippen LogP contribution < -0.4 is 0 Å². The van der Waals surface area contributed by atoms with Gasteiger partial charge in [-0.05, 0) is 19.4 Å². The second-order valence-electron chi connectivity index (χ2n) is 6.86. The average Bonchev–Trinajstić information content (AvgIpc) is 2.71. The first kappa shape index (κ1) is 31.0. The molecule has 0 aliphatic carbocycles. The Hall–Kier alpha value is -2.99. The molecule has 0 bridgehead atoms. The van der Waals surface area contributed by atoms with Crippen LogP contribution in [-0.2, 0) is 25.7 Å². The summed E-state index contributed by atoms with van der Waals surface area (Å²) in [5, 5.41) is 0. The quantitative estimate of drug-likeness (QED) is 0.224. The van der Waals surface area contributed by atoms with Crippen molar-refractivity contribution < 1.29 is 58.6 Å². The van der Waals surface area contributed by atoms with E-state index >= 15 is 0 Å². The summed E-state index contributed by atoms with van der Waals surface area (Å²) in [6, 6.07) is 9.55. The third kappa shape index (κ3) is 8.41. The monoisotopic (exact) mass is 508 g/mol. The Morgan fingerprint density at radius 1 is 0.765 bits per heavy atom. The number of ether oxygens (including phenoxy) is 2. The van der Waals surface area contributed by atoms with Crippen molar-refractivity contribution >= 4 is 11.9 Å². The van der Waals surface area contributed by atoms with Gasteiger partial charge >= 0.3 is 35.9 Å². The fourth-order valence-corrected chi connectivity index (χ4v) is 1.81. The highest BCUT2D eigenvalue weighted by molar-refractivity contribution is 5.87. The van der Waals surface area contributed by atoms with Gasteiger partial charge in [-0.3, -0.25) is 0 Å². The highest BCUT2D eigenvalue weighted by atomic mass is 19.4. The Morgan fingerprint density at radius 3 is 1.62 bits per heavy atom. The van der Waals surface area contributed by atoms with Gasteiger partial charge < -0.3 is 9.47 Å². The molecule has 0 spiro atoms. The molecule has 13 heteroatoms. The molecule has 0 heterocycles. The minimum absolute atomic E-state index is 0.300. The van der Waals surface area contributed by atoms with Crippen molar-refractivity contribution in [1.29, 1.82) is 0 Å². The van der Waals surface area contributed by atoms with Gasteiger partial charge in [-0.15, -0.1) is 0 Å². The van der Waals surface area contributed by atoms with Gasteiger partial charge in [0.1, 0.15) is 6.61 Å². The number of hydrogen-bond donors (Lipinski definition) is 0. The van der Waals surface area contributed by atoms with E-state index < -0.39 is 42.9 Å². The molecule has 0 aliphatic heterocycles. The van der Waals surface area contributed by atoms with E-state index in [4.69, 9.17) is 4.74 Å². The van der Waals surface area contributed by atoms with Crippen LogP contribution in [0.15, 0.2) is 54.6 Å². The predicted molar refractivity (Wildman–Crippen MR) is 102 cm³/mol.